The van der Waals surface area contributed by atoms with Gasteiger partial charge in [0.15, 0.2) is 0 Å². The maximum atomic E-state index is 9.45. The largest absolute Gasteiger partial charge is 0.392 e. The van der Waals surface area contributed by atoms with Crippen LogP contribution in [0.3, 0.4) is 0 Å². The van der Waals surface area contributed by atoms with E-state index in [0.717, 1.165) is 22.2 Å². The first-order valence-electron chi connectivity index (χ1n) is 5.63. The van der Waals surface area contributed by atoms with Gasteiger partial charge in [-0.1, -0.05) is 44.5 Å². The highest BCUT2D eigenvalue weighted by molar-refractivity contribution is 6.35. The smallest absolute Gasteiger partial charge is 0.0895 e. The van der Waals surface area contributed by atoms with Crippen molar-refractivity contribution in [2.45, 2.75) is 32.8 Å². The van der Waals surface area contributed by atoms with Gasteiger partial charge < -0.3 is 5.11 Å². The fourth-order valence-corrected chi connectivity index (χ4v) is 2.02. The van der Waals surface area contributed by atoms with Crippen LogP contribution < -0.4 is 0 Å². The zero-order valence-corrected chi connectivity index (χ0v) is 11.0. The van der Waals surface area contributed by atoms with Gasteiger partial charge in [0, 0.05) is 16.5 Å². The Morgan fingerprint density at radius 3 is 2.59 bits per heavy atom. The number of benzene rings is 1. The van der Waals surface area contributed by atoms with E-state index in [0.29, 0.717) is 5.02 Å². The van der Waals surface area contributed by atoms with E-state index in [1.54, 1.807) is 0 Å². The lowest BCUT2D eigenvalue weighted by atomic mass is 9.90. The molecule has 0 saturated carbocycles. The third-order valence-corrected chi connectivity index (χ3v) is 3.12. The molecule has 0 spiro atoms. The SMILES string of the molecule is CC(C)(C)c1cc(CO)c2cccc(Cl)c2n1. The zero-order valence-electron chi connectivity index (χ0n) is 10.3. The fourth-order valence-electron chi connectivity index (χ4n) is 1.80. The topological polar surface area (TPSA) is 33.1 Å². The highest BCUT2D eigenvalue weighted by Crippen LogP contribution is 2.29. The maximum Gasteiger partial charge on any atom is 0.0895 e. The molecule has 17 heavy (non-hydrogen) atoms. The number of nitrogens with zero attached hydrogens (tertiary/aromatic N) is 1. The molecule has 0 atom stereocenters. The monoisotopic (exact) mass is 249 g/mol. The maximum absolute atomic E-state index is 9.45. The van der Waals surface area contributed by atoms with Crippen LogP contribution in [0, 0.1) is 0 Å². The molecule has 1 heterocycles. The summed E-state index contributed by atoms with van der Waals surface area (Å²) in [6.45, 7) is 6.29. The second-order valence-electron chi connectivity index (χ2n) is 5.21. The van der Waals surface area contributed by atoms with E-state index in [2.05, 4.69) is 25.8 Å². The molecule has 0 unspecified atom stereocenters. The summed E-state index contributed by atoms with van der Waals surface area (Å²) < 4.78 is 0. The molecule has 3 heteroatoms. The highest BCUT2D eigenvalue weighted by atomic mass is 35.5. The summed E-state index contributed by atoms with van der Waals surface area (Å²) in [5.74, 6) is 0. The lowest BCUT2D eigenvalue weighted by Gasteiger charge is -2.19. The van der Waals surface area contributed by atoms with E-state index in [1.807, 2.05) is 24.3 Å². The van der Waals surface area contributed by atoms with Crippen LogP contribution in [-0.2, 0) is 12.0 Å². The van der Waals surface area contributed by atoms with Crippen LogP contribution in [-0.4, -0.2) is 10.1 Å². The molecule has 0 aliphatic carbocycles. The van der Waals surface area contributed by atoms with E-state index in [1.165, 1.54) is 0 Å². The Morgan fingerprint density at radius 2 is 2.00 bits per heavy atom. The van der Waals surface area contributed by atoms with Crippen LogP contribution in [0.25, 0.3) is 10.9 Å². The lowest BCUT2D eigenvalue weighted by molar-refractivity contribution is 0.283. The summed E-state index contributed by atoms with van der Waals surface area (Å²) >= 11 is 6.16. The van der Waals surface area contributed by atoms with E-state index >= 15 is 0 Å². The molecule has 2 rings (SSSR count). The van der Waals surface area contributed by atoms with Crippen LogP contribution in [0.5, 0.6) is 0 Å². The van der Waals surface area contributed by atoms with Gasteiger partial charge in [-0.2, -0.15) is 0 Å². The minimum Gasteiger partial charge on any atom is -0.392 e. The van der Waals surface area contributed by atoms with Crippen molar-refractivity contribution in [1.29, 1.82) is 0 Å². The second kappa shape index (κ2) is 4.28. The average Bonchev–Trinajstić information content (AvgIpc) is 2.27. The van der Waals surface area contributed by atoms with Crippen molar-refractivity contribution < 1.29 is 5.11 Å². The van der Waals surface area contributed by atoms with Gasteiger partial charge in [0.25, 0.3) is 0 Å². The third kappa shape index (κ3) is 2.28. The molecule has 1 N–H and O–H groups in total. The van der Waals surface area contributed by atoms with Gasteiger partial charge in [-0.15, -0.1) is 0 Å². The molecule has 2 nitrogen and oxygen atoms in total. The van der Waals surface area contributed by atoms with Crippen LogP contribution >= 0.6 is 11.6 Å². The van der Waals surface area contributed by atoms with Crippen LogP contribution in [0.4, 0.5) is 0 Å². The van der Waals surface area contributed by atoms with E-state index in [9.17, 15) is 5.11 Å². The molecule has 0 saturated heterocycles. The minimum atomic E-state index is -0.0583. The summed E-state index contributed by atoms with van der Waals surface area (Å²) in [7, 11) is 0. The fraction of sp³-hybridized carbons (Fsp3) is 0.357. The number of pyridine rings is 1. The molecule has 0 fully saturated rings. The first-order chi connectivity index (χ1) is 7.93. The number of hydrogen-bond donors (Lipinski definition) is 1. The van der Waals surface area contributed by atoms with Crippen molar-refractivity contribution in [2.75, 3.05) is 0 Å². The van der Waals surface area contributed by atoms with Crippen molar-refractivity contribution in [3.05, 3.63) is 40.5 Å². The standard InChI is InChI=1S/C14H16ClNO/c1-14(2,3)12-7-9(8-17)10-5-4-6-11(15)13(10)16-12/h4-7,17H,8H2,1-3H3. The summed E-state index contributed by atoms with van der Waals surface area (Å²) in [6.07, 6.45) is 0. The van der Waals surface area contributed by atoms with Gasteiger partial charge in [0.05, 0.1) is 17.1 Å². The molecular formula is C14H16ClNO. The van der Waals surface area contributed by atoms with Crippen LogP contribution in [0.2, 0.25) is 5.02 Å². The summed E-state index contributed by atoms with van der Waals surface area (Å²) in [5.41, 5.74) is 2.53. The molecule has 0 radical (unpaired) electrons. The third-order valence-electron chi connectivity index (χ3n) is 2.81. The Balaban J connectivity index is 2.81. The van der Waals surface area contributed by atoms with Gasteiger partial charge in [-0.25, -0.2) is 0 Å². The summed E-state index contributed by atoms with van der Waals surface area (Å²) in [6, 6.07) is 7.59. The molecule has 1 aromatic carbocycles. The number of hydrogen-bond acceptors (Lipinski definition) is 2. The minimum absolute atomic E-state index is 0.00242. The number of fused-ring (bicyclic) bond motifs is 1. The number of aromatic nitrogens is 1. The lowest BCUT2D eigenvalue weighted by Crippen LogP contribution is -2.14. The Bertz CT molecular complexity index is 558. The quantitative estimate of drug-likeness (QED) is 0.836. The molecule has 0 bridgehead atoms. The molecule has 2 aromatic rings. The Morgan fingerprint density at radius 1 is 1.29 bits per heavy atom. The van der Waals surface area contributed by atoms with Crippen molar-refractivity contribution in [1.82, 2.24) is 4.98 Å². The van der Waals surface area contributed by atoms with Crippen molar-refractivity contribution in [3.63, 3.8) is 0 Å². The Hall–Kier alpha value is -1.12. The molecule has 0 amide bonds. The van der Waals surface area contributed by atoms with Gasteiger partial charge >= 0.3 is 0 Å². The van der Waals surface area contributed by atoms with Crippen molar-refractivity contribution in [3.8, 4) is 0 Å². The summed E-state index contributed by atoms with van der Waals surface area (Å²) in [5, 5.41) is 11.0. The second-order valence-corrected chi connectivity index (χ2v) is 5.62. The first kappa shape index (κ1) is 12.3. The molecular weight excluding hydrogens is 234 g/mol. The van der Waals surface area contributed by atoms with E-state index in [-0.39, 0.29) is 12.0 Å². The first-order valence-corrected chi connectivity index (χ1v) is 6.01. The number of aliphatic hydroxyl groups is 1. The molecule has 0 aliphatic heterocycles. The average molecular weight is 250 g/mol. The predicted molar refractivity (Wildman–Crippen MR) is 71.4 cm³/mol. The van der Waals surface area contributed by atoms with Gasteiger partial charge in [-0.05, 0) is 17.7 Å². The zero-order chi connectivity index (χ0) is 12.6. The highest BCUT2D eigenvalue weighted by Gasteiger charge is 2.18. The van der Waals surface area contributed by atoms with Crippen molar-refractivity contribution in [2.24, 2.45) is 0 Å². The van der Waals surface area contributed by atoms with Gasteiger partial charge in [-0.3, -0.25) is 4.98 Å². The number of halogens is 1. The Labute approximate surface area is 106 Å². The normalized spacial score (nSPS) is 12.1. The predicted octanol–water partition coefficient (Wildman–Crippen LogP) is 3.68. The van der Waals surface area contributed by atoms with Crippen LogP contribution in [0.1, 0.15) is 32.0 Å². The number of aliphatic hydroxyl groups excluding tert-OH is 1. The van der Waals surface area contributed by atoms with E-state index in [4.69, 9.17) is 11.6 Å². The van der Waals surface area contributed by atoms with Gasteiger partial charge in [0.2, 0.25) is 0 Å². The number of para-hydroxylation sites is 1. The molecule has 1 aromatic heterocycles. The van der Waals surface area contributed by atoms with Gasteiger partial charge in [0.1, 0.15) is 0 Å². The Kier molecular flexibility index (Phi) is 3.11. The summed E-state index contributed by atoms with van der Waals surface area (Å²) in [4.78, 5) is 4.61. The van der Waals surface area contributed by atoms with Crippen LogP contribution in [0.15, 0.2) is 24.3 Å². The molecule has 90 valence electrons. The van der Waals surface area contributed by atoms with Crippen molar-refractivity contribution >= 4 is 22.5 Å². The number of rotatable bonds is 1. The van der Waals surface area contributed by atoms with E-state index < -0.39 is 0 Å². The molecule has 0 aliphatic rings.